The van der Waals surface area contributed by atoms with Crippen LogP contribution >= 0.6 is 23.1 Å². The van der Waals surface area contributed by atoms with Gasteiger partial charge in [0.1, 0.15) is 38.7 Å². The van der Waals surface area contributed by atoms with Crippen LogP contribution in [0.2, 0.25) is 0 Å². The zero-order chi connectivity index (χ0) is 20.6. The minimum atomic E-state index is -4.24. The van der Waals surface area contributed by atoms with Crippen LogP contribution in [0, 0.1) is 11.8 Å². The molecule has 11 heteroatoms. The van der Waals surface area contributed by atoms with E-state index >= 15 is 0 Å². The van der Waals surface area contributed by atoms with E-state index in [1.165, 1.54) is 41.3 Å². The van der Waals surface area contributed by atoms with Crippen molar-refractivity contribution in [2.45, 2.75) is 17.9 Å². The Bertz CT molecular complexity index is 1270. The summed E-state index contributed by atoms with van der Waals surface area (Å²) >= 11 is 2.79. The lowest BCUT2D eigenvalue weighted by atomic mass is 10.2. The summed E-state index contributed by atoms with van der Waals surface area (Å²) in [4.78, 5) is 30.4. The van der Waals surface area contributed by atoms with Crippen LogP contribution < -0.4 is 4.18 Å². The normalized spacial score (nSPS) is 16.6. The van der Waals surface area contributed by atoms with Gasteiger partial charge >= 0.3 is 10.1 Å². The smallest absolute Gasteiger partial charge is 0.341 e. The molecule has 3 aromatic rings. The number of thiazole rings is 1. The van der Waals surface area contributed by atoms with E-state index in [2.05, 4.69) is 15.2 Å². The molecule has 0 saturated carbocycles. The van der Waals surface area contributed by atoms with E-state index in [4.69, 9.17) is 4.18 Å². The van der Waals surface area contributed by atoms with E-state index in [0.29, 0.717) is 31.6 Å². The zero-order valence-corrected chi connectivity index (χ0v) is 17.4. The van der Waals surface area contributed by atoms with Crippen LogP contribution in [-0.2, 0) is 14.9 Å². The van der Waals surface area contributed by atoms with Crippen molar-refractivity contribution < 1.29 is 17.4 Å². The molecule has 1 aliphatic heterocycles. The molecular formula is C18H13N3O5S3. The summed E-state index contributed by atoms with van der Waals surface area (Å²) in [6.07, 6.45) is 0.803. The first-order valence-corrected chi connectivity index (χ1v) is 11.6. The Morgan fingerprint density at radius 3 is 2.79 bits per heavy atom. The minimum absolute atomic E-state index is 0.0952. The maximum absolute atomic E-state index is 12.7. The summed E-state index contributed by atoms with van der Waals surface area (Å²) in [7, 11) is -4.24. The van der Waals surface area contributed by atoms with Crippen LogP contribution in [-0.4, -0.2) is 36.5 Å². The molecular weight excluding hydrogens is 434 g/mol. The topological polar surface area (TPSA) is 115 Å². The number of carbonyl (C=O) groups is 1. The molecule has 0 bridgehead atoms. The third-order valence-corrected chi connectivity index (χ3v) is 7.57. The molecule has 0 N–H and O–H groups in total. The molecule has 0 spiro atoms. The van der Waals surface area contributed by atoms with Gasteiger partial charge in [-0.1, -0.05) is 6.07 Å². The van der Waals surface area contributed by atoms with Crippen LogP contribution in [0.25, 0.3) is 10.2 Å². The first-order valence-electron chi connectivity index (χ1n) is 8.35. The number of aldehydes is 1. The number of hydrogen-bond donors (Lipinski definition) is 0. The first-order chi connectivity index (χ1) is 13.9. The van der Waals surface area contributed by atoms with Crippen LogP contribution in [0.15, 0.2) is 51.5 Å². The number of rotatable bonds is 6. The van der Waals surface area contributed by atoms with E-state index in [1.807, 2.05) is 0 Å². The van der Waals surface area contributed by atoms with E-state index in [9.17, 15) is 18.1 Å². The fraction of sp³-hybridized carbons (Fsp3) is 0.167. The number of nitrogens with zero attached hydrogens (tertiary/aromatic N) is 3. The van der Waals surface area contributed by atoms with E-state index < -0.39 is 10.1 Å². The molecule has 4 rings (SSSR count). The van der Waals surface area contributed by atoms with Crippen LogP contribution in [0.3, 0.4) is 0 Å². The maximum Gasteiger partial charge on any atom is 0.341 e. The molecule has 0 aliphatic carbocycles. The highest BCUT2D eigenvalue weighted by molar-refractivity contribution is 8.15. The van der Waals surface area contributed by atoms with Crippen LogP contribution in [0.1, 0.15) is 10.6 Å². The minimum Gasteiger partial charge on any atom is -0.379 e. The average molecular weight is 448 g/mol. The average Bonchev–Trinajstić information content (AvgIpc) is 3.34. The second-order valence-corrected chi connectivity index (χ2v) is 9.75. The quantitative estimate of drug-likeness (QED) is 0.320. The number of benzene rings is 2. The summed E-state index contributed by atoms with van der Waals surface area (Å²) in [6.45, 7) is 1.71. The Hall–Kier alpha value is -2.63. The van der Waals surface area contributed by atoms with Gasteiger partial charge in [-0.3, -0.25) is 4.99 Å². The predicted molar refractivity (Wildman–Crippen MR) is 113 cm³/mol. The van der Waals surface area contributed by atoms with Crippen molar-refractivity contribution in [2.75, 3.05) is 5.75 Å². The molecule has 1 aromatic heterocycles. The monoisotopic (exact) mass is 447 g/mol. The summed E-state index contributed by atoms with van der Waals surface area (Å²) < 4.78 is 31.3. The van der Waals surface area contributed by atoms with Gasteiger partial charge in [0.25, 0.3) is 0 Å². The Balaban J connectivity index is 1.66. The molecule has 1 atom stereocenters. The number of thioether (sulfide) groups is 1. The maximum atomic E-state index is 12.7. The van der Waals surface area contributed by atoms with Gasteiger partial charge in [-0.2, -0.15) is 8.42 Å². The lowest BCUT2D eigenvalue weighted by Crippen LogP contribution is -2.10. The highest BCUT2D eigenvalue weighted by Gasteiger charge is 2.24. The van der Waals surface area contributed by atoms with Gasteiger partial charge < -0.3 is 8.98 Å². The van der Waals surface area contributed by atoms with Gasteiger partial charge in [-0.05, 0) is 41.9 Å². The highest BCUT2D eigenvalue weighted by Crippen LogP contribution is 2.33. The Kier molecular flexibility index (Phi) is 5.19. The molecule has 2 heterocycles. The number of hydrogen-bond acceptors (Lipinski definition) is 10. The summed E-state index contributed by atoms with van der Waals surface area (Å²) in [6, 6.07) is 8.62. The Morgan fingerprint density at radius 1 is 1.24 bits per heavy atom. The standard InChI is InChI=1S/C18H13N3O5S3/c1-10-2-4-14(21-23)16(6-10)29(24,25)26-12-3-5-13-15(7-12)28-18(20-13)17-19-11(8-22)9-27-17/h2-8,11H,9H2,1H3/t11-/m0/s1. The lowest BCUT2D eigenvalue weighted by molar-refractivity contribution is -0.108. The second-order valence-electron chi connectivity index (χ2n) is 6.20. The van der Waals surface area contributed by atoms with Crippen molar-refractivity contribution in [3.05, 3.63) is 51.9 Å². The molecule has 0 unspecified atom stereocenters. The van der Waals surface area contributed by atoms with Crippen molar-refractivity contribution in [1.29, 1.82) is 0 Å². The van der Waals surface area contributed by atoms with Crippen molar-refractivity contribution in [2.24, 2.45) is 10.2 Å². The largest absolute Gasteiger partial charge is 0.379 e. The third kappa shape index (κ3) is 3.93. The number of nitroso groups, excluding NO2 is 1. The fourth-order valence-corrected chi connectivity index (χ4v) is 5.88. The molecule has 0 saturated heterocycles. The molecule has 0 amide bonds. The third-order valence-electron chi connectivity index (χ3n) is 4.06. The van der Waals surface area contributed by atoms with Crippen molar-refractivity contribution in [3.63, 3.8) is 0 Å². The van der Waals surface area contributed by atoms with Crippen LogP contribution in [0.4, 0.5) is 5.69 Å². The Morgan fingerprint density at radius 2 is 2.07 bits per heavy atom. The van der Waals surface area contributed by atoms with Gasteiger partial charge in [0, 0.05) is 11.8 Å². The predicted octanol–water partition coefficient (Wildman–Crippen LogP) is 3.83. The van der Waals surface area contributed by atoms with Crippen molar-refractivity contribution >= 4 is 60.5 Å². The summed E-state index contributed by atoms with van der Waals surface area (Å²) in [5, 5.41) is 4.13. The van der Waals surface area contributed by atoms with Crippen molar-refractivity contribution in [1.82, 2.24) is 4.98 Å². The number of aryl methyl sites for hydroxylation is 1. The SMILES string of the molecule is Cc1ccc(N=O)c(S(=O)(=O)Oc2ccc3nc(C4=N[C@@H](C=O)CS4)sc3c2)c1. The first kappa shape index (κ1) is 19.7. The molecule has 148 valence electrons. The highest BCUT2D eigenvalue weighted by atomic mass is 32.2. The fourth-order valence-electron chi connectivity index (χ4n) is 2.69. The number of aliphatic imine (C=N–C) groups is 1. The second kappa shape index (κ2) is 7.65. The number of carbonyl (C=O) groups excluding carboxylic acids is 1. The molecule has 0 radical (unpaired) electrons. The van der Waals surface area contributed by atoms with Gasteiger partial charge in [0.2, 0.25) is 0 Å². The van der Waals surface area contributed by atoms with Gasteiger partial charge in [0.05, 0.1) is 10.2 Å². The lowest BCUT2D eigenvalue weighted by Gasteiger charge is -2.08. The van der Waals surface area contributed by atoms with Crippen molar-refractivity contribution in [3.8, 4) is 5.75 Å². The number of aromatic nitrogens is 1. The molecule has 8 nitrogen and oxygen atoms in total. The zero-order valence-electron chi connectivity index (χ0n) is 14.9. The number of fused-ring (bicyclic) bond motifs is 1. The molecule has 0 fully saturated rings. The summed E-state index contributed by atoms with van der Waals surface area (Å²) in [5.74, 6) is 0.683. The van der Waals surface area contributed by atoms with Gasteiger partial charge in [-0.15, -0.1) is 28.0 Å². The van der Waals surface area contributed by atoms with E-state index in [1.54, 1.807) is 25.1 Å². The summed E-state index contributed by atoms with van der Waals surface area (Å²) in [5.41, 5.74) is 1.11. The van der Waals surface area contributed by atoms with Crippen LogP contribution in [0.5, 0.6) is 5.75 Å². The molecule has 1 aliphatic rings. The molecule has 29 heavy (non-hydrogen) atoms. The van der Waals surface area contributed by atoms with E-state index in [0.717, 1.165) is 6.29 Å². The molecule has 2 aromatic carbocycles. The van der Waals surface area contributed by atoms with E-state index in [-0.39, 0.29) is 22.4 Å². The van der Waals surface area contributed by atoms with Gasteiger partial charge in [-0.25, -0.2) is 4.98 Å². The Labute approximate surface area is 174 Å². The van der Waals surface area contributed by atoms with Gasteiger partial charge in [0.15, 0.2) is 0 Å².